The van der Waals surface area contributed by atoms with Crippen LogP contribution in [0.5, 0.6) is 0 Å². The van der Waals surface area contributed by atoms with Gasteiger partial charge >= 0.3 is 0 Å². The normalized spacial score (nSPS) is 24.7. The van der Waals surface area contributed by atoms with Crippen LogP contribution in [0.25, 0.3) is 0 Å². The Balaban J connectivity index is 2.40. The summed E-state index contributed by atoms with van der Waals surface area (Å²) in [6.07, 6.45) is 8.69. The van der Waals surface area contributed by atoms with Crippen molar-refractivity contribution in [2.24, 2.45) is 17.8 Å². The maximum Gasteiger partial charge on any atom is 0.000438 e. The fourth-order valence-corrected chi connectivity index (χ4v) is 3.17. The van der Waals surface area contributed by atoms with Gasteiger partial charge in [0.25, 0.3) is 0 Å². The molecule has 1 nitrogen and oxygen atoms in total. The molecule has 0 saturated carbocycles. The second-order valence-electron chi connectivity index (χ2n) is 6.83. The van der Waals surface area contributed by atoms with E-state index in [9.17, 15) is 0 Å². The standard InChI is InChI=1S/C16H33N/c1-14(2)12-16-8-6-5-7-10-17(11-9-16)13-15(3)4/h14-16H,5-13H2,1-4H3. The van der Waals surface area contributed by atoms with Crippen LogP contribution < -0.4 is 0 Å². The third kappa shape index (κ3) is 7.08. The molecule has 102 valence electrons. The second kappa shape index (κ2) is 8.13. The zero-order chi connectivity index (χ0) is 12.7. The molecule has 1 unspecified atom stereocenters. The predicted octanol–water partition coefficient (Wildman–Crippen LogP) is 4.57. The van der Waals surface area contributed by atoms with Gasteiger partial charge in [-0.05, 0) is 50.1 Å². The van der Waals surface area contributed by atoms with Gasteiger partial charge in [0, 0.05) is 6.54 Å². The summed E-state index contributed by atoms with van der Waals surface area (Å²) < 4.78 is 0. The van der Waals surface area contributed by atoms with Crippen LogP contribution in [0.15, 0.2) is 0 Å². The van der Waals surface area contributed by atoms with E-state index in [4.69, 9.17) is 0 Å². The van der Waals surface area contributed by atoms with E-state index in [1.165, 1.54) is 58.2 Å². The molecule has 0 N–H and O–H groups in total. The molecule has 0 radical (unpaired) electrons. The summed E-state index contributed by atoms with van der Waals surface area (Å²) >= 11 is 0. The van der Waals surface area contributed by atoms with E-state index in [2.05, 4.69) is 32.6 Å². The van der Waals surface area contributed by atoms with Crippen LogP contribution >= 0.6 is 0 Å². The molecule has 17 heavy (non-hydrogen) atoms. The smallest absolute Gasteiger partial charge is 0.000438 e. The summed E-state index contributed by atoms with van der Waals surface area (Å²) in [5.74, 6) is 2.68. The number of rotatable bonds is 4. The Bertz CT molecular complexity index is 166. The largest absolute Gasteiger partial charge is 0.303 e. The van der Waals surface area contributed by atoms with Crippen LogP contribution in [-0.4, -0.2) is 24.5 Å². The maximum atomic E-state index is 2.71. The summed E-state index contributed by atoms with van der Waals surface area (Å²) in [5.41, 5.74) is 0. The minimum Gasteiger partial charge on any atom is -0.303 e. The first-order valence-electron chi connectivity index (χ1n) is 7.80. The van der Waals surface area contributed by atoms with Gasteiger partial charge < -0.3 is 4.90 Å². The Labute approximate surface area is 109 Å². The zero-order valence-corrected chi connectivity index (χ0v) is 12.5. The Kier molecular flexibility index (Phi) is 7.18. The molecule has 1 atom stereocenters. The molecule has 1 rings (SSSR count). The lowest BCUT2D eigenvalue weighted by Gasteiger charge is -2.25. The monoisotopic (exact) mass is 239 g/mol. The van der Waals surface area contributed by atoms with Gasteiger partial charge in [-0.15, -0.1) is 0 Å². The molecule has 0 aromatic rings. The Hall–Kier alpha value is -0.0400. The molecule has 1 aliphatic heterocycles. The van der Waals surface area contributed by atoms with E-state index in [1.807, 2.05) is 0 Å². The maximum absolute atomic E-state index is 2.71. The molecular weight excluding hydrogens is 206 g/mol. The van der Waals surface area contributed by atoms with E-state index in [1.54, 1.807) is 0 Å². The summed E-state index contributed by atoms with van der Waals surface area (Å²) in [6, 6.07) is 0. The van der Waals surface area contributed by atoms with E-state index < -0.39 is 0 Å². The minimum atomic E-state index is 0.819. The molecule has 0 spiro atoms. The van der Waals surface area contributed by atoms with Crippen molar-refractivity contribution in [1.29, 1.82) is 0 Å². The summed E-state index contributed by atoms with van der Waals surface area (Å²) in [6.45, 7) is 13.4. The summed E-state index contributed by atoms with van der Waals surface area (Å²) in [5, 5.41) is 0. The van der Waals surface area contributed by atoms with Gasteiger partial charge in [0.2, 0.25) is 0 Å². The molecule has 0 aromatic carbocycles. The van der Waals surface area contributed by atoms with Gasteiger partial charge in [-0.25, -0.2) is 0 Å². The van der Waals surface area contributed by atoms with Gasteiger partial charge in [-0.1, -0.05) is 47.0 Å². The van der Waals surface area contributed by atoms with Crippen LogP contribution in [0.4, 0.5) is 0 Å². The lowest BCUT2D eigenvalue weighted by Crippen LogP contribution is -2.30. The van der Waals surface area contributed by atoms with Crippen molar-refractivity contribution < 1.29 is 0 Å². The molecule has 0 amide bonds. The first kappa shape index (κ1) is 15.0. The van der Waals surface area contributed by atoms with Gasteiger partial charge in [0.1, 0.15) is 0 Å². The molecule has 1 aliphatic rings. The van der Waals surface area contributed by atoms with Crippen LogP contribution in [0.3, 0.4) is 0 Å². The Morgan fingerprint density at radius 1 is 0.882 bits per heavy atom. The SMILES string of the molecule is CC(C)CC1CCCCCN(CC(C)C)CC1. The number of hydrogen-bond acceptors (Lipinski definition) is 1. The zero-order valence-electron chi connectivity index (χ0n) is 12.5. The fourth-order valence-electron chi connectivity index (χ4n) is 3.17. The molecular formula is C16H33N. The molecule has 1 fully saturated rings. The van der Waals surface area contributed by atoms with E-state index in [0.717, 1.165) is 17.8 Å². The van der Waals surface area contributed by atoms with Gasteiger partial charge in [0.15, 0.2) is 0 Å². The van der Waals surface area contributed by atoms with E-state index in [0.29, 0.717) is 0 Å². The van der Waals surface area contributed by atoms with Crippen molar-refractivity contribution in [2.75, 3.05) is 19.6 Å². The van der Waals surface area contributed by atoms with Gasteiger partial charge in [-0.3, -0.25) is 0 Å². The quantitative estimate of drug-likeness (QED) is 0.694. The average molecular weight is 239 g/mol. The van der Waals surface area contributed by atoms with Crippen LogP contribution in [0, 0.1) is 17.8 Å². The highest BCUT2D eigenvalue weighted by Gasteiger charge is 2.16. The van der Waals surface area contributed by atoms with Crippen molar-refractivity contribution in [3.8, 4) is 0 Å². The molecule has 0 aliphatic carbocycles. The van der Waals surface area contributed by atoms with Gasteiger partial charge in [-0.2, -0.15) is 0 Å². The molecule has 1 saturated heterocycles. The first-order chi connectivity index (χ1) is 8.08. The van der Waals surface area contributed by atoms with Crippen LogP contribution in [0.2, 0.25) is 0 Å². The first-order valence-corrected chi connectivity index (χ1v) is 7.80. The van der Waals surface area contributed by atoms with Crippen LogP contribution in [-0.2, 0) is 0 Å². The summed E-state index contributed by atoms with van der Waals surface area (Å²) in [4.78, 5) is 2.71. The minimum absolute atomic E-state index is 0.819. The number of hydrogen-bond donors (Lipinski definition) is 0. The van der Waals surface area contributed by atoms with Crippen molar-refractivity contribution in [1.82, 2.24) is 4.90 Å². The van der Waals surface area contributed by atoms with Crippen molar-refractivity contribution in [3.05, 3.63) is 0 Å². The summed E-state index contributed by atoms with van der Waals surface area (Å²) in [7, 11) is 0. The van der Waals surface area contributed by atoms with Crippen LogP contribution in [0.1, 0.15) is 66.2 Å². The van der Waals surface area contributed by atoms with Crippen molar-refractivity contribution in [2.45, 2.75) is 66.2 Å². The Morgan fingerprint density at radius 2 is 1.65 bits per heavy atom. The van der Waals surface area contributed by atoms with Crippen molar-refractivity contribution in [3.63, 3.8) is 0 Å². The topological polar surface area (TPSA) is 3.24 Å². The number of nitrogens with zero attached hydrogens (tertiary/aromatic N) is 1. The van der Waals surface area contributed by atoms with E-state index >= 15 is 0 Å². The lowest BCUT2D eigenvalue weighted by molar-refractivity contribution is 0.223. The third-order valence-electron chi connectivity index (χ3n) is 3.87. The molecule has 1 heterocycles. The fraction of sp³-hybridized carbons (Fsp3) is 1.00. The van der Waals surface area contributed by atoms with E-state index in [-0.39, 0.29) is 0 Å². The average Bonchev–Trinajstić information content (AvgIpc) is 2.31. The highest BCUT2D eigenvalue weighted by molar-refractivity contribution is 4.69. The highest BCUT2D eigenvalue weighted by atomic mass is 15.1. The second-order valence-corrected chi connectivity index (χ2v) is 6.83. The lowest BCUT2D eigenvalue weighted by atomic mass is 9.89. The molecule has 0 bridgehead atoms. The predicted molar refractivity (Wildman–Crippen MR) is 77.3 cm³/mol. The highest BCUT2D eigenvalue weighted by Crippen LogP contribution is 2.24. The van der Waals surface area contributed by atoms with Gasteiger partial charge in [0.05, 0.1) is 0 Å². The van der Waals surface area contributed by atoms with Crippen molar-refractivity contribution >= 4 is 0 Å². The third-order valence-corrected chi connectivity index (χ3v) is 3.87. The molecule has 0 aromatic heterocycles. The Morgan fingerprint density at radius 3 is 2.29 bits per heavy atom. The molecule has 1 heteroatoms.